The van der Waals surface area contributed by atoms with Crippen molar-refractivity contribution in [2.45, 2.75) is 6.92 Å². The largest absolute Gasteiger partial charge is 0.381 e. The summed E-state index contributed by atoms with van der Waals surface area (Å²) < 4.78 is 1.69. The lowest BCUT2D eigenvalue weighted by molar-refractivity contribution is 0.889. The number of rotatable bonds is 1. The van der Waals surface area contributed by atoms with Gasteiger partial charge in [-0.2, -0.15) is 0 Å². The monoisotopic (exact) mass is 258 g/mol. The average Bonchev–Trinajstić information content (AvgIpc) is 2.68. The lowest BCUT2D eigenvalue weighted by Crippen LogP contribution is -1.99. The molecule has 0 bridgehead atoms. The summed E-state index contributed by atoms with van der Waals surface area (Å²) in [5.41, 5.74) is 8.46. The van der Waals surface area contributed by atoms with Gasteiger partial charge in [-0.1, -0.05) is 29.8 Å². The molecule has 2 N–H and O–H groups in total. The van der Waals surface area contributed by atoms with E-state index in [-0.39, 0.29) is 0 Å². The Morgan fingerprint density at radius 2 is 2.06 bits per heavy atom. The van der Waals surface area contributed by atoms with Gasteiger partial charge in [0.05, 0.1) is 17.4 Å². The van der Waals surface area contributed by atoms with Crippen LogP contribution in [0.15, 0.2) is 36.5 Å². The number of aryl methyl sites for hydroxylation is 1. The fourth-order valence-electron chi connectivity index (χ4n) is 1.96. The van der Waals surface area contributed by atoms with E-state index in [1.54, 1.807) is 10.9 Å². The van der Waals surface area contributed by atoms with Crippen molar-refractivity contribution < 1.29 is 0 Å². The maximum Gasteiger partial charge on any atom is 0.164 e. The van der Waals surface area contributed by atoms with Crippen molar-refractivity contribution in [1.82, 2.24) is 14.8 Å². The van der Waals surface area contributed by atoms with E-state index in [9.17, 15) is 0 Å². The quantitative estimate of drug-likeness (QED) is 0.730. The molecule has 2 aromatic heterocycles. The third kappa shape index (κ3) is 1.71. The first-order valence-electron chi connectivity index (χ1n) is 5.52. The zero-order valence-electron chi connectivity index (χ0n) is 9.76. The summed E-state index contributed by atoms with van der Waals surface area (Å²) in [6, 6.07) is 9.87. The number of halogens is 1. The number of hydrogen-bond acceptors (Lipinski definition) is 3. The van der Waals surface area contributed by atoms with Gasteiger partial charge >= 0.3 is 0 Å². The number of aromatic nitrogens is 3. The summed E-state index contributed by atoms with van der Waals surface area (Å²) in [6.45, 7) is 1.95. The van der Waals surface area contributed by atoms with Crippen molar-refractivity contribution >= 4 is 28.3 Å². The zero-order valence-corrected chi connectivity index (χ0v) is 10.5. The summed E-state index contributed by atoms with van der Waals surface area (Å²) in [5.74, 6) is 0.329. The standard InChI is InChI=1S/C13H11ClN4/c1-8-6-12(18-7-10(14)13(15)17-18)9-4-2-3-5-11(9)16-8/h2-7H,1H3,(H2,15,17). The number of nitrogens with two attached hydrogens (primary N) is 1. The number of nitrogens with zero attached hydrogens (tertiary/aromatic N) is 3. The van der Waals surface area contributed by atoms with Crippen molar-refractivity contribution in [3.63, 3.8) is 0 Å². The molecule has 0 aliphatic rings. The second-order valence-electron chi connectivity index (χ2n) is 4.11. The maximum absolute atomic E-state index is 5.95. The van der Waals surface area contributed by atoms with Crippen LogP contribution in [-0.4, -0.2) is 14.8 Å². The topological polar surface area (TPSA) is 56.7 Å². The second-order valence-corrected chi connectivity index (χ2v) is 4.51. The summed E-state index contributed by atoms with van der Waals surface area (Å²) >= 11 is 5.95. The molecular weight excluding hydrogens is 248 g/mol. The van der Waals surface area contributed by atoms with Crippen molar-refractivity contribution in [1.29, 1.82) is 0 Å². The molecule has 3 aromatic rings. The molecule has 0 unspecified atom stereocenters. The van der Waals surface area contributed by atoms with E-state index in [2.05, 4.69) is 10.1 Å². The van der Waals surface area contributed by atoms with E-state index in [1.165, 1.54) is 0 Å². The normalized spacial score (nSPS) is 11.0. The fraction of sp³-hybridized carbons (Fsp3) is 0.0769. The Hall–Kier alpha value is -2.07. The minimum Gasteiger partial charge on any atom is -0.381 e. The van der Waals surface area contributed by atoms with Crippen LogP contribution in [0.2, 0.25) is 5.02 Å². The molecule has 0 fully saturated rings. The maximum atomic E-state index is 5.95. The number of fused-ring (bicyclic) bond motifs is 1. The Kier molecular flexibility index (Phi) is 2.45. The summed E-state index contributed by atoms with van der Waals surface area (Å²) in [5, 5.41) is 5.67. The minimum absolute atomic E-state index is 0.329. The molecule has 3 rings (SSSR count). The van der Waals surface area contributed by atoms with E-state index in [4.69, 9.17) is 17.3 Å². The number of para-hydroxylation sites is 1. The van der Waals surface area contributed by atoms with E-state index in [1.807, 2.05) is 37.3 Å². The van der Waals surface area contributed by atoms with Crippen LogP contribution < -0.4 is 5.73 Å². The number of anilines is 1. The second kappa shape index (κ2) is 3.99. The van der Waals surface area contributed by atoms with E-state index >= 15 is 0 Å². The van der Waals surface area contributed by atoms with Crippen molar-refractivity contribution in [2.24, 2.45) is 0 Å². The van der Waals surface area contributed by atoms with Gasteiger partial charge in [-0.25, -0.2) is 4.68 Å². The predicted molar refractivity (Wildman–Crippen MR) is 73.0 cm³/mol. The summed E-state index contributed by atoms with van der Waals surface area (Å²) in [6.07, 6.45) is 1.71. The van der Waals surface area contributed by atoms with Crippen LogP contribution in [-0.2, 0) is 0 Å². The molecule has 0 amide bonds. The first kappa shape index (κ1) is 11.0. The van der Waals surface area contributed by atoms with Crippen molar-refractivity contribution in [2.75, 3.05) is 5.73 Å². The van der Waals surface area contributed by atoms with Crippen molar-refractivity contribution in [3.05, 3.63) is 47.2 Å². The van der Waals surface area contributed by atoms with Gasteiger partial charge < -0.3 is 5.73 Å². The Labute approximate surface area is 109 Å². The minimum atomic E-state index is 0.329. The highest BCUT2D eigenvalue weighted by molar-refractivity contribution is 6.32. The third-order valence-electron chi connectivity index (χ3n) is 2.77. The molecule has 0 saturated heterocycles. The van der Waals surface area contributed by atoms with Gasteiger partial charge in [0.2, 0.25) is 0 Å². The lowest BCUT2D eigenvalue weighted by Gasteiger charge is -2.07. The predicted octanol–water partition coefficient (Wildman–Crippen LogP) is 2.96. The molecule has 5 heteroatoms. The smallest absolute Gasteiger partial charge is 0.164 e. The van der Waals surface area contributed by atoms with Crippen LogP contribution in [0.3, 0.4) is 0 Å². The van der Waals surface area contributed by atoms with Crippen LogP contribution in [0.25, 0.3) is 16.6 Å². The Balaban J connectivity index is 2.34. The molecule has 1 aromatic carbocycles. The van der Waals surface area contributed by atoms with Gasteiger partial charge in [0.1, 0.15) is 5.02 Å². The van der Waals surface area contributed by atoms with Gasteiger partial charge in [0.15, 0.2) is 5.82 Å². The van der Waals surface area contributed by atoms with Gasteiger partial charge in [0, 0.05) is 11.1 Å². The molecule has 0 spiro atoms. The molecule has 0 radical (unpaired) electrons. The van der Waals surface area contributed by atoms with Crippen LogP contribution in [0, 0.1) is 6.92 Å². The van der Waals surface area contributed by atoms with E-state index in [0.717, 1.165) is 22.3 Å². The lowest BCUT2D eigenvalue weighted by atomic mass is 10.1. The van der Waals surface area contributed by atoms with Crippen LogP contribution in [0.5, 0.6) is 0 Å². The Morgan fingerprint density at radius 1 is 1.28 bits per heavy atom. The molecule has 4 nitrogen and oxygen atoms in total. The van der Waals surface area contributed by atoms with Gasteiger partial charge in [-0.05, 0) is 19.1 Å². The van der Waals surface area contributed by atoms with Gasteiger partial charge in [-0.3, -0.25) is 4.98 Å². The number of nitrogen functional groups attached to an aromatic ring is 1. The van der Waals surface area contributed by atoms with Gasteiger partial charge in [0.25, 0.3) is 0 Å². The molecule has 0 atom stereocenters. The first-order chi connectivity index (χ1) is 8.65. The highest BCUT2D eigenvalue weighted by atomic mass is 35.5. The van der Waals surface area contributed by atoms with Gasteiger partial charge in [-0.15, -0.1) is 5.10 Å². The molecule has 0 aliphatic heterocycles. The molecule has 18 heavy (non-hydrogen) atoms. The van der Waals surface area contributed by atoms with Crippen LogP contribution in [0.1, 0.15) is 5.69 Å². The van der Waals surface area contributed by atoms with Crippen molar-refractivity contribution in [3.8, 4) is 5.69 Å². The highest BCUT2D eigenvalue weighted by Gasteiger charge is 2.09. The Morgan fingerprint density at radius 3 is 2.78 bits per heavy atom. The molecular formula is C13H11ClN4. The summed E-state index contributed by atoms with van der Waals surface area (Å²) in [7, 11) is 0. The highest BCUT2D eigenvalue weighted by Crippen LogP contribution is 2.24. The number of hydrogen-bond donors (Lipinski definition) is 1. The molecule has 0 aliphatic carbocycles. The molecule has 0 saturated carbocycles. The molecule has 2 heterocycles. The SMILES string of the molecule is Cc1cc(-n2cc(Cl)c(N)n2)c2ccccc2n1. The molecule has 90 valence electrons. The average molecular weight is 259 g/mol. The summed E-state index contributed by atoms with van der Waals surface area (Å²) in [4.78, 5) is 4.49. The van der Waals surface area contributed by atoms with E-state index < -0.39 is 0 Å². The number of benzene rings is 1. The van der Waals surface area contributed by atoms with Crippen LogP contribution >= 0.6 is 11.6 Å². The zero-order chi connectivity index (χ0) is 12.7. The first-order valence-corrected chi connectivity index (χ1v) is 5.90. The third-order valence-corrected chi connectivity index (χ3v) is 3.06. The van der Waals surface area contributed by atoms with Crippen LogP contribution in [0.4, 0.5) is 5.82 Å². The fourth-order valence-corrected chi connectivity index (χ4v) is 2.10. The Bertz CT molecular complexity index is 713. The number of pyridine rings is 1. The van der Waals surface area contributed by atoms with E-state index in [0.29, 0.717) is 10.8 Å².